The van der Waals surface area contributed by atoms with Crippen LogP contribution in [-0.4, -0.2) is 53.5 Å². The van der Waals surface area contributed by atoms with Crippen LogP contribution in [0.3, 0.4) is 0 Å². The first-order chi connectivity index (χ1) is 16.9. The normalized spacial score (nSPS) is 16.1. The number of pyridine rings is 1. The Balaban J connectivity index is 1.55. The molecule has 1 fully saturated rings. The van der Waals surface area contributed by atoms with Gasteiger partial charge in [0.1, 0.15) is 12.0 Å². The largest absolute Gasteiger partial charge is 0.379 e. The molecule has 35 heavy (non-hydrogen) atoms. The second-order valence-electron chi connectivity index (χ2n) is 8.60. The summed E-state index contributed by atoms with van der Waals surface area (Å²) in [6, 6.07) is 10.4. The molecular weight excluding hydrogens is 472 g/mol. The zero-order valence-corrected chi connectivity index (χ0v) is 19.6. The topological polar surface area (TPSA) is 110 Å². The number of rotatable bonds is 5. The van der Waals surface area contributed by atoms with Gasteiger partial charge < -0.3 is 15.4 Å². The summed E-state index contributed by atoms with van der Waals surface area (Å²) in [5.41, 5.74) is 1.62. The number of benzene rings is 2. The number of ether oxygens (including phenoxy) is 1. The molecule has 0 saturated carbocycles. The fraction of sp³-hybridized carbons (Fsp3) is 0.280. The van der Waals surface area contributed by atoms with Crippen LogP contribution in [0.15, 0.2) is 47.4 Å². The number of nitrogens with one attached hydrogen (secondary N) is 2. The van der Waals surface area contributed by atoms with E-state index in [9.17, 15) is 19.2 Å². The van der Waals surface area contributed by atoms with Gasteiger partial charge in [0.15, 0.2) is 0 Å². The molecule has 2 aromatic carbocycles. The van der Waals surface area contributed by atoms with E-state index in [1.165, 1.54) is 10.8 Å². The molecular formula is C25H23ClN4O5. The molecule has 180 valence electrons. The number of anilines is 1. The van der Waals surface area contributed by atoms with E-state index in [2.05, 4.69) is 15.5 Å². The number of hydrogen-bond donors (Lipinski definition) is 2. The fourth-order valence-corrected chi connectivity index (χ4v) is 4.51. The number of carbonyl (C=O) groups is 3. The van der Waals surface area contributed by atoms with Crippen LogP contribution >= 0.6 is 11.6 Å². The molecule has 0 unspecified atom stereocenters. The van der Waals surface area contributed by atoms with Crippen molar-refractivity contribution in [2.75, 3.05) is 31.6 Å². The van der Waals surface area contributed by atoms with Crippen molar-refractivity contribution in [1.29, 1.82) is 0 Å². The summed E-state index contributed by atoms with van der Waals surface area (Å²) < 4.78 is 6.64. The van der Waals surface area contributed by atoms with Gasteiger partial charge in [-0.05, 0) is 35.4 Å². The van der Waals surface area contributed by atoms with E-state index in [1.807, 2.05) is 0 Å². The minimum atomic E-state index is -0.605. The first kappa shape index (κ1) is 23.2. The molecule has 2 aliphatic rings. The molecule has 0 spiro atoms. The third-order valence-electron chi connectivity index (χ3n) is 6.13. The summed E-state index contributed by atoms with van der Waals surface area (Å²) in [6.45, 7) is 3.46. The van der Waals surface area contributed by atoms with Crippen molar-refractivity contribution in [2.45, 2.75) is 19.5 Å². The molecule has 1 aromatic heterocycles. The Labute approximate surface area is 205 Å². The molecule has 2 aliphatic heterocycles. The standard InChI is InChI=1S/C25H23ClN4O5/c26-17-3-1-15(2-4-17)12-27-25(34)19-14-30-22(32)11-21(31)28-20-10-16(9-18(23(20)30)24(19)33)13-29-5-7-35-8-6-29/h1-4,9-10,14H,5-8,11-13H2,(H,27,34)(H,28,31). The molecule has 9 nitrogen and oxygen atoms in total. The minimum absolute atomic E-state index is 0.163. The summed E-state index contributed by atoms with van der Waals surface area (Å²) in [6.07, 6.45) is 0.840. The number of hydrogen-bond acceptors (Lipinski definition) is 6. The van der Waals surface area contributed by atoms with E-state index in [4.69, 9.17) is 16.3 Å². The predicted octanol–water partition coefficient (Wildman–Crippen LogP) is 2.40. The summed E-state index contributed by atoms with van der Waals surface area (Å²) in [5, 5.41) is 6.27. The second-order valence-corrected chi connectivity index (χ2v) is 9.03. The number of morpholine rings is 1. The maximum Gasteiger partial charge on any atom is 0.257 e. The molecule has 0 radical (unpaired) electrons. The Morgan fingerprint density at radius 1 is 1.06 bits per heavy atom. The van der Waals surface area contributed by atoms with Crippen molar-refractivity contribution >= 4 is 45.9 Å². The number of aromatic nitrogens is 1. The van der Waals surface area contributed by atoms with Gasteiger partial charge in [-0.1, -0.05) is 23.7 Å². The highest BCUT2D eigenvalue weighted by atomic mass is 35.5. The lowest BCUT2D eigenvalue weighted by Gasteiger charge is -2.27. The van der Waals surface area contributed by atoms with Crippen molar-refractivity contribution < 1.29 is 19.1 Å². The van der Waals surface area contributed by atoms with Gasteiger partial charge in [0, 0.05) is 42.8 Å². The van der Waals surface area contributed by atoms with Gasteiger partial charge in [0.05, 0.1) is 24.4 Å². The van der Waals surface area contributed by atoms with Crippen LogP contribution < -0.4 is 16.1 Å². The third-order valence-corrected chi connectivity index (χ3v) is 6.39. The van der Waals surface area contributed by atoms with E-state index in [-0.39, 0.29) is 17.5 Å². The summed E-state index contributed by atoms with van der Waals surface area (Å²) >= 11 is 5.91. The zero-order chi connectivity index (χ0) is 24.5. The molecule has 2 amide bonds. The molecule has 3 heterocycles. The van der Waals surface area contributed by atoms with E-state index in [1.54, 1.807) is 36.4 Å². The maximum absolute atomic E-state index is 13.5. The average molecular weight is 495 g/mol. The van der Waals surface area contributed by atoms with Gasteiger partial charge in [-0.2, -0.15) is 0 Å². The lowest BCUT2D eigenvalue weighted by molar-refractivity contribution is -0.115. The van der Waals surface area contributed by atoms with Crippen LogP contribution in [0.1, 0.15) is 32.7 Å². The van der Waals surface area contributed by atoms with Gasteiger partial charge in [-0.25, -0.2) is 0 Å². The highest BCUT2D eigenvalue weighted by molar-refractivity contribution is 6.30. The van der Waals surface area contributed by atoms with Crippen molar-refractivity contribution in [3.05, 3.63) is 74.5 Å². The van der Waals surface area contributed by atoms with Crippen molar-refractivity contribution in [2.24, 2.45) is 0 Å². The van der Waals surface area contributed by atoms with Gasteiger partial charge >= 0.3 is 0 Å². The quantitative estimate of drug-likeness (QED) is 0.527. The smallest absolute Gasteiger partial charge is 0.257 e. The molecule has 3 aromatic rings. The molecule has 0 aliphatic carbocycles. The van der Waals surface area contributed by atoms with E-state index in [0.717, 1.165) is 24.2 Å². The number of nitrogens with zero attached hydrogens (tertiary/aromatic N) is 2. The van der Waals surface area contributed by atoms with Crippen LogP contribution in [0, 0.1) is 0 Å². The molecule has 2 N–H and O–H groups in total. The maximum atomic E-state index is 13.5. The van der Waals surface area contributed by atoms with E-state index < -0.39 is 29.6 Å². The highest BCUT2D eigenvalue weighted by Gasteiger charge is 2.26. The van der Waals surface area contributed by atoms with Crippen LogP contribution in [0.2, 0.25) is 5.02 Å². The Morgan fingerprint density at radius 3 is 2.54 bits per heavy atom. The third kappa shape index (κ3) is 4.84. The Morgan fingerprint density at radius 2 is 1.80 bits per heavy atom. The highest BCUT2D eigenvalue weighted by Crippen LogP contribution is 2.28. The minimum Gasteiger partial charge on any atom is -0.379 e. The molecule has 0 bridgehead atoms. The van der Waals surface area contributed by atoms with Crippen LogP contribution in [0.25, 0.3) is 10.9 Å². The Hall–Kier alpha value is -3.53. The SMILES string of the molecule is O=C1CC(=O)n2cc(C(=O)NCc3ccc(Cl)cc3)c(=O)c3cc(CN4CCOCC4)cc(c32)N1. The van der Waals surface area contributed by atoms with Crippen LogP contribution in [0.5, 0.6) is 0 Å². The van der Waals surface area contributed by atoms with E-state index >= 15 is 0 Å². The Kier molecular flexibility index (Phi) is 6.38. The second kappa shape index (κ2) is 9.61. The first-order valence-electron chi connectivity index (χ1n) is 11.3. The van der Waals surface area contributed by atoms with Gasteiger partial charge in [0.2, 0.25) is 17.2 Å². The summed E-state index contributed by atoms with van der Waals surface area (Å²) in [4.78, 5) is 53.8. The van der Waals surface area contributed by atoms with E-state index in [0.29, 0.717) is 36.0 Å². The van der Waals surface area contributed by atoms with Crippen LogP contribution in [-0.2, 0) is 22.6 Å². The lowest BCUT2D eigenvalue weighted by atomic mass is 10.0. The molecule has 10 heteroatoms. The fourth-order valence-electron chi connectivity index (χ4n) is 4.38. The molecule has 5 rings (SSSR count). The van der Waals surface area contributed by atoms with Gasteiger partial charge in [0.25, 0.3) is 5.91 Å². The van der Waals surface area contributed by atoms with Crippen molar-refractivity contribution in [3.63, 3.8) is 0 Å². The molecule has 1 saturated heterocycles. The van der Waals surface area contributed by atoms with Crippen molar-refractivity contribution in [3.8, 4) is 0 Å². The predicted molar refractivity (Wildman–Crippen MR) is 131 cm³/mol. The monoisotopic (exact) mass is 494 g/mol. The summed E-state index contributed by atoms with van der Waals surface area (Å²) in [5.74, 6) is -1.59. The van der Waals surface area contributed by atoms with Crippen molar-refractivity contribution in [1.82, 2.24) is 14.8 Å². The number of amides is 2. The van der Waals surface area contributed by atoms with Crippen LogP contribution in [0.4, 0.5) is 5.69 Å². The van der Waals surface area contributed by atoms with Gasteiger partial charge in [-0.3, -0.25) is 28.6 Å². The lowest BCUT2D eigenvalue weighted by Crippen LogP contribution is -2.35. The zero-order valence-electron chi connectivity index (χ0n) is 18.8. The average Bonchev–Trinajstić information content (AvgIpc) is 2.96. The van der Waals surface area contributed by atoms with Gasteiger partial charge in [-0.15, -0.1) is 0 Å². The number of halogens is 1. The Bertz CT molecular complexity index is 1390. The molecule has 0 atom stereocenters. The first-order valence-corrected chi connectivity index (χ1v) is 11.6. The summed E-state index contributed by atoms with van der Waals surface area (Å²) in [7, 11) is 0. The number of carbonyl (C=O) groups excluding carboxylic acids is 3.